The van der Waals surface area contributed by atoms with Gasteiger partial charge >= 0.3 is 0 Å². The first-order chi connectivity index (χ1) is 17.3. The fourth-order valence-electron chi connectivity index (χ4n) is 5.22. The number of aliphatic hydroxyl groups excluding tert-OH is 3. The Morgan fingerprint density at radius 3 is 2.64 bits per heavy atom. The van der Waals surface area contributed by atoms with Gasteiger partial charge < -0.3 is 24.8 Å². The van der Waals surface area contributed by atoms with Gasteiger partial charge in [-0.05, 0) is 69.8 Å². The maximum atomic E-state index is 10.6. The average Bonchev–Trinajstić information content (AvgIpc) is 3.38. The molecule has 1 saturated carbocycles. The summed E-state index contributed by atoms with van der Waals surface area (Å²) in [6, 6.07) is 0. The van der Waals surface area contributed by atoms with Crippen molar-refractivity contribution in [3.05, 3.63) is 47.8 Å². The van der Waals surface area contributed by atoms with E-state index < -0.39 is 18.3 Å². The highest BCUT2D eigenvalue weighted by molar-refractivity contribution is 5.15. The minimum absolute atomic E-state index is 0.0589. The Labute approximate surface area is 220 Å². The van der Waals surface area contributed by atoms with Gasteiger partial charge in [-0.1, -0.05) is 75.5 Å². The number of aliphatic hydroxyl groups is 3. The molecule has 0 aromatic rings. The van der Waals surface area contributed by atoms with Crippen LogP contribution < -0.4 is 0 Å². The van der Waals surface area contributed by atoms with Crippen LogP contribution in [0.3, 0.4) is 0 Å². The maximum absolute atomic E-state index is 10.6. The highest BCUT2D eigenvalue weighted by atomic mass is 16.5. The molecule has 6 unspecified atom stereocenters. The first-order valence-corrected chi connectivity index (χ1v) is 14.3. The smallest absolute Gasteiger partial charge is 0.139 e. The molecule has 0 amide bonds. The number of methoxy groups -OCH3 is 1. The summed E-state index contributed by atoms with van der Waals surface area (Å²) in [5, 5.41) is 31.8. The fraction of sp³-hybridized carbons (Fsp3) is 0.742. The molecule has 5 nitrogen and oxygen atoms in total. The molecule has 0 saturated heterocycles. The summed E-state index contributed by atoms with van der Waals surface area (Å²) in [6.07, 6.45) is 22.0. The molecular formula is C31H52O5. The Hall–Kier alpha value is -1.40. The molecule has 1 fully saturated rings. The minimum atomic E-state index is -1.25. The molecule has 0 aromatic heterocycles. The van der Waals surface area contributed by atoms with Crippen LogP contribution >= 0.6 is 0 Å². The van der Waals surface area contributed by atoms with Crippen molar-refractivity contribution in [2.75, 3.05) is 7.11 Å². The van der Waals surface area contributed by atoms with Gasteiger partial charge in [0.15, 0.2) is 0 Å². The van der Waals surface area contributed by atoms with Gasteiger partial charge in [0, 0.05) is 13.5 Å². The second-order valence-corrected chi connectivity index (χ2v) is 10.9. The molecule has 0 spiro atoms. The third-order valence-electron chi connectivity index (χ3n) is 7.97. The highest BCUT2D eigenvalue weighted by Crippen LogP contribution is 2.31. The van der Waals surface area contributed by atoms with Crippen LogP contribution in [0.1, 0.15) is 97.8 Å². The second-order valence-electron chi connectivity index (χ2n) is 10.9. The molecule has 2 rings (SSSR count). The third kappa shape index (κ3) is 10.9. The average molecular weight is 505 g/mol. The lowest BCUT2D eigenvalue weighted by molar-refractivity contribution is -0.0840. The zero-order chi connectivity index (χ0) is 26.3. The SMILES string of the molecule is CC/C(C)=C/C=C/C=C/CCC(C)C(O)[C@H](O)C(O)C1=CCC(CCCCC2CCCC(OC)C2)O1. The maximum Gasteiger partial charge on any atom is 0.139 e. The topological polar surface area (TPSA) is 79.2 Å². The second kappa shape index (κ2) is 17.2. The van der Waals surface area contributed by atoms with Crippen LogP contribution in [0.15, 0.2) is 47.8 Å². The molecule has 5 heteroatoms. The standard InChI is InChI=1S/C31H52O5/c1-5-23(2)14-9-7-6-8-10-15-24(3)29(32)31(34)30(33)28-21-20-26(36-28)18-12-11-16-25-17-13-19-27(22-25)35-4/h6-9,14,21,24-27,29-34H,5,10-13,15-20,22H2,1-4H3/b8-6+,9-7+,23-14+/t24?,25?,26?,27?,29?,30?,31-/m0/s1. The minimum Gasteiger partial charge on any atom is -0.492 e. The first-order valence-electron chi connectivity index (χ1n) is 14.3. The van der Waals surface area contributed by atoms with Gasteiger partial charge in [0.1, 0.15) is 24.1 Å². The van der Waals surface area contributed by atoms with Crippen LogP contribution in [0.25, 0.3) is 0 Å². The molecule has 36 heavy (non-hydrogen) atoms. The van der Waals surface area contributed by atoms with E-state index in [1.165, 1.54) is 44.1 Å². The van der Waals surface area contributed by atoms with Gasteiger partial charge in [-0.3, -0.25) is 0 Å². The number of ether oxygens (including phenoxy) is 2. The molecule has 1 heterocycles. The molecule has 0 radical (unpaired) electrons. The first kappa shape index (κ1) is 30.8. The summed E-state index contributed by atoms with van der Waals surface area (Å²) in [7, 11) is 1.82. The lowest BCUT2D eigenvalue weighted by atomic mass is 9.84. The lowest BCUT2D eigenvalue weighted by Gasteiger charge is -2.28. The summed E-state index contributed by atoms with van der Waals surface area (Å²) < 4.78 is 11.5. The number of allylic oxidation sites excluding steroid dienone is 6. The molecule has 1 aliphatic carbocycles. The molecule has 0 aromatic carbocycles. The van der Waals surface area contributed by atoms with Crippen molar-refractivity contribution in [3.63, 3.8) is 0 Å². The van der Waals surface area contributed by atoms with E-state index in [2.05, 4.69) is 26.0 Å². The van der Waals surface area contributed by atoms with E-state index in [9.17, 15) is 15.3 Å². The van der Waals surface area contributed by atoms with E-state index in [-0.39, 0.29) is 12.0 Å². The number of rotatable bonds is 16. The van der Waals surface area contributed by atoms with Crippen molar-refractivity contribution in [1.82, 2.24) is 0 Å². The van der Waals surface area contributed by atoms with E-state index >= 15 is 0 Å². The number of unbranched alkanes of at least 4 members (excludes halogenated alkanes) is 1. The zero-order valence-electron chi connectivity index (χ0n) is 23.1. The normalized spacial score (nSPS) is 26.7. The van der Waals surface area contributed by atoms with Crippen LogP contribution in [0.4, 0.5) is 0 Å². The molecule has 2 aliphatic rings. The van der Waals surface area contributed by atoms with Crippen molar-refractivity contribution in [3.8, 4) is 0 Å². The van der Waals surface area contributed by atoms with Gasteiger partial charge in [0.25, 0.3) is 0 Å². The van der Waals surface area contributed by atoms with Gasteiger partial charge in [0.05, 0.1) is 12.2 Å². The summed E-state index contributed by atoms with van der Waals surface area (Å²) in [4.78, 5) is 0. The van der Waals surface area contributed by atoms with Gasteiger partial charge in [-0.2, -0.15) is 0 Å². The molecule has 1 aliphatic heterocycles. The van der Waals surface area contributed by atoms with Crippen LogP contribution in [0.5, 0.6) is 0 Å². The lowest BCUT2D eigenvalue weighted by Crippen LogP contribution is -2.42. The number of hydrogen-bond donors (Lipinski definition) is 3. The quantitative estimate of drug-likeness (QED) is 0.168. The van der Waals surface area contributed by atoms with Crippen molar-refractivity contribution < 1.29 is 24.8 Å². The summed E-state index contributed by atoms with van der Waals surface area (Å²) >= 11 is 0. The van der Waals surface area contributed by atoms with Crippen molar-refractivity contribution in [1.29, 1.82) is 0 Å². The van der Waals surface area contributed by atoms with Crippen molar-refractivity contribution in [2.24, 2.45) is 11.8 Å². The van der Waals surface area contributed by atoms with E-state index in [0.29, 0.717) is 11.9 Å². The van der Waals surface area contributed by atoms with Crippen molar-refractivity contribution >= 4 is 0 Å². The molecule has 3 N–H and O–H groups in total. The summed E-state index contributed by atoms with van der Waals surface area (Å²) in [5.41, 5.74) is 1.34. The van der Waals surface area contributed by atoms with Gasteiger partial charge in [0.2, 0.25) is 0 Å². The molecule has 7 atom stereocenters. The fourth-order valence-corrected chi connectivity index (χ4v) is 5.22. The van der Waals surface area contributed by atoms with Gasteiger partial charge in [-0.15, -0.1) is 0 Å². The predicted octanol–water partition coefficient (Wildman–Crippen LogP) is 6.39. The molecule has 0 bridgehead atoms. The van der Waals surface area contributed by atoms with Crippen LogP contribution in [0, 0.1) is 11.8 Å². The molecule has 206 valence electrons. The van der Waals surface area contributed by atoms with Crippen molar-refractivity contribution in [2.45, 2.75) is 128 Å². The van der Waals surface area contributed by atoms with Crippen LogP contribution in [-0.2, 0) is 9.47 Å². The Balaban J connectivity index is 1.64. The Bertz CT molecular complexity index is 724. The van der Waals surface area contributed by atoms with E-state index in [1.807, 2.05) is 38.3 Å². The highest BCUT2D eigenvalue weighted by Gasteiger charge is 2.34. The Kier molecular flexibility index (Phi) is 14.7. The summed E-state index contributed by atoms with van der Waals surface area (Å²) in [6.45, 7) is 6.16. The molecular weight excluding hydrogens is 452 g/mol. The number of hydrogen-bond acceptors (Lipinski definition) is 5. The predicted molar refractivity (Wildman–Crippen MR) is 148 cm³/mol. The zero-order valence-corrected chi connectivity index (χ0v) is 23.1. The largest absolute Gasteiger partial charge is 0.492 e. The third-order valence-corrected chi connectivity index (χ3v) is 7.97. The summed E-state index contributed by atoms with van der Waals surface area (Å²) in [5.74, 6) is 1.05. The Morgan fingerprint density at radius 2 is 1.89 bits per heavy atom. The van der Waals surface area contributed by atoms with Crippen LogP contribution in [0.2, 0.25) is 0 Å². The monoisotopic (exact) mass is 504 g/mol. The Morgan fingerprint density at radius 1 is 1.11 bits per heavy atom. The van der Waals surface area contributed by atoms with E-state index in [4.69, 9.17) is 9.47 Å². The van der Waals surface area contributed by atoms with E-state index in [1.54, 1.807) is 0 Å². The van der Waals surface area contributed by atoms with Gasteiger partial charge in [-0.25, -0.2) is 0 Å². The van der Waals surface area contributed by atoms with E-state index in [0.717, 1.165) is 44.4 Å². The van der Waals surface area contributed by atoms with Crippen LogP contribution in [-0.4, -0.2) is 52.9 Å².